The Morgan fingerprint density at radius 3 is 2.30 bits per heavy atom. The first-order chi connectivity index (χ1) is 18.2. The lowest BCUT2D eigenvalue weighted by Crippen LogP contribution is -2.49. The van der Waals surface area contributed by atoms with Crippen molar-refractivity contribution in [2.45, 2.75) is 12.5 Å². The van der Waals surface area contributed by atoms with Gasteiger partial charge in [0.05, 0.1) is 24.0 Å². The van der Waals surface area contributed by atoms with Gasteiger partial charge in [-0.05, 0) is 40.1 Å². The Hall–Kier alpha value is -4.16. The normalized spacial score (nSPS) is 18.3. The summed E-state index contributed by atoms with van der Waals surface area (Å²) in [7, 11) is 0. The van der Waals surface area contributed by atoms with Crippen LogP contribution in [0, 0.1) is 0 Å². The van der Waals surface area contributed by atoms with E-state index in [-0.39, 0.29) is 11.9 Å². The van der Waals surface area contributed by atoms with Gasteiger partial charge in [0.15, 0.2) is 0 Å². The van der Waals surface area contributed by atoms with Crippen molar-refractivity contribution in [3.05, 3.63) is 108 Å². The predicted molar refractivity (Wildman–Crippen MR) is 148 cm³/mol. The molecule has 4 aromatic carbocycles. The summed E-state index contributed by atoms with van der Waals surface area (Å²) in [6, 6.07) is 32.2. The molecule has 1 N–H and O–H groups in total. The lowest BCUT2D eigenvalue weighted by atomic mass is 9.97. The van der Waals surface area contributed by atoms with E-state index in [9.17, 15) is 9.90 Å². The minimum Gasteiger partial charge on any atom is -0.506 e. The number of nitrogens with zero attached hydrogens (tertiary/aromatic N) is 4. The molecule has 1 atom stereocenters. The van der Waals surface area contributed by atoms with Crippen molar-refractivity contribution in [3.63, 3.8) is 0 Å². The van der Waals surface area contributed by atoms with Gasteiger partial charge in [-0.15, -0.1) is 0 Å². The van der Waals surface area contributed by atoms with Gasteiger partial charge in [0.1, 0.15) is 5.75 Å². The van der Waals surface area contributed by atoms with E-state index in [4.69, 9.17) is 5.10 Å². The summed E-state index contributed by atoms with van der Waals surface area (Å²) in [5, 5.41) is 19.2. The average molecular weight is 491 g/mol. The molecule has 2 aliphatic heterocycles. The Morgan fingerprint density at radius 2 is 1.51 bits per heavy atom. The number of aromatic hydroxyl groups is 1. The highest BCUT2D eigenvalue weighted by Gasteiger charge is 2.34. The van der Waals surface area contributed by atoms with Crippen molar-refractivity contribution in [1.29, 1.82) is 0 Å². The van der Waals surface area contributed by atoms with Crippen LogP contribution in [0.15, 0.2) is 102 Å². The summed E-state index contributed by atoms with van der Waals surface area (Å²) < 4.78 is 0. The zero-order chi connectivity index (χ0) is 25.2. The highest BCUT2D eigenvalue weighted by Crippen LogP contribution is 2.34. The number of anilines is 1. The van der Waals surface area contributed by atoms with Crippen LogP contribution in [0.2, 0.25) is 0 Å². The second kappa shape index (κ2) is 10.1. The highest BCUT2D eigenvalue weighted by molar-refractivity contribution is 6.05. The van der Waals surface area contributed by atoms with Crippen molar-refractivity contribution >= 4 is 28.1 Å². The number of hydrazone groups is 1. The lowest BCUT2D eigenvalue weighted by Gasteiger charge is -2.36. The van der Waals surface area contributed by atoms with Gasteiger partial charge in [-0.25, -0.2) is 5.01 Å². The van der Waals surface area contributed by atoms with E-state index >= 15 is 0 Å². The first-order valence-electron chi connectivity index (χ1n) is 12.8. The van der Waals surface area contributed by atoms with E-state index in [0.29, 0.717) is 18.7 Å². The quantitative estimate of drug-likeness (QED) is 0.426. The number of carbonyl (C=O) groups excluding carboxylic acids is 1. The second-order valence-corrected chi connectivity index (χ2v) is 9.73. The summed E-state index contributed by atoms with van der Waals surface area (Å²) in [6.45, 7) is 3.36. The van der Waals surface area contributed by atoms with Crippen LogP contribution in [0.5, 0.6) is 5.75 Å². The minimum atomic E-state index is -0.113. The molecular formula is C31H30N4O2. The van der Waals surface area contributed by atoms with Crippen molar-refractivity contribution < 1.29 is 9.90 Å². The van der Waals surface area contributed by atoms with Crippen LogP contribution in [-0.2, 0) is 4.79 Å². The fraction of sp³-hybridized carbons (Fsp3) is 0.226. The number of benzene rings is 4. The van der Waals surface area contributed by atoms with Crippen molar-refractivity contribution in [2.24, 2.45) is 5.10 Å². The van der Waals surface area contributed by atoms with Crippen LogP contribution >= 0.6 is 0 Å². The maximum atomic E-state index is 13.6. The summed E-state index contributed by atoms with van der Waals surface area (Å²) in [6.07, 6.45) is 0.690. The van der Waals surface area contributed by atoms with Crippen LogP contribution in [0.4, 0.5) is 5.69 Å². The molecule has 1 saturated heterocycles. The molecule has 1 fully saturated rings. The molecule has 6 rings (SSSR count). The Labute approximate surface area is 217 Å². The molecule has 37 heavy (non-hydrogen) atoms. The molecule has 0 bridgehead atoms. The van der Waals surface area contributed by atoms with Crippen LogP contribution in [0.1, 0.15) is 23.6 Å². The molecule has 6 nitrogen and oxygen atoms in total. The number of carbonyl (C=O) groups is 1. The Morgan fingerprint density at radius 1 is 0.811 bits per heavy atom. The number of fused-ring (bicyclic) bond motifs is 1. The van der Waals surface area contributed by atoms with E-state index in [1.165, 1.54) is 10.8 Å². The molecule has 0 aliphatic carbocycles. The number of hydrogen-bond acceptors (Lipinski definition) is 5. The van der Waals surface area contributed by atoms with Crippen LogP contribution < -0.4 is 4.90 Å². The van der Waals surface area contributed by atoms with Gasteiger partial charge in [-0.2, -0.15) is 5.10 Å². The molecule has 0 aromatic heterocycles. The molecule has 2 heterocycles. The zero-order valence-electron chi connectivity index (χ0n) is 20.7. The van der Waals surface area contributed by atoms with Gasteiger partial charge in [-0.1, -0.05) is 78.9 Å². The van der Waals surface area contributed by atoms with Gasteiger partial charge in [0, 0.05) is 32.6 Å². The van der Waals surface area contributed by atoms with E-state index in [2.05, 4.69) is 52.3 Å². The zero-order valence-corrected chi connectivity index (χ0v) is 20.7. The van der Waals surface area contributed by atoms with Crippen LogP contribution in [0.25, 0.3) is 10.8 Å². The first-order valence-corrected chi connectivity index (χ1v) is 12.8. The first kappa shape index (κ1) is 23.3. The number of phenolic OH excluding ortho intramolecular Hbond substituents is 1. The van der Waals surface area contributed by atoms with Gasteiger partial charge in [-0.3, -0.25) is 9.69 Å². The SMILES string of the molecule is O=C(CN1CCN(c2ccccc2O)CC1)N1N=C(c2ccc3ccccc3c2)C[C@H]1c1ccccc1. The van der Waals surface area contributed by atoms with E-state index in [1.54, 1.807) is 11.1 Å². The standard InChI is InChI=1S/C31H30N4O2/c36-30-13-7-6-12-28(30)34-18-16-33(17-19-34)22-31(37)35-29(24-9-2-1-3-10-24)21-27(32-35)26-15-14-23-8-4-5-11-25(23)20-26/h1-15,20,29,36H,16-19,21-22H2/t29-/m0/s1. The molecule has 4 aromatic rings. The molecule has 2 aliphatic rings. The Kier molecular flexibility index (Phi) is 6.33. The minimum absolute atomic E-state index is 0.0145. The fourth-order valence-electron chi connectivity index (χ4n) is 5.36. The molecule has 0 radical (unpaired) electrons. The van der Waals surface area contributed by atoms with Gasteiger partial charge >= 0.3 is 0 Å². The third-order valence-electron chi connectivity index (χ3n) is 7.39. The van der Waals surface area contributed by atoms with Gasteiger partial charge in [0.2, 0.25) is 0 Å². The third-order valence-corrected chi connectivity index (χ3v) is 7.39. The predicted octanol–water partition coefficient (Wildman–Crippen LogP) is 5.05. The third kappa shape index (κ3) is 4.80. The maximum Gasteiger partial charge on any atom is 0.257 e. The molecule has 0 spiro atoms. The topological polar surface area (TPSA) is 59.4 Å². The van der Waals surface area contributed by atoms with E-state index < -0.39 is 0 Å². The summed E-state index contributed by atoms with van der Waals surface area (Å²) in [4.78, 5) is 18.0. The molecule has 0 unspecified atom stereocenters. The molecular weight excluding hydrogens is 460 g/mol. The molecule has 186 valence electrons. The lowest BCUT2D eigenvalue weighted by molar-refractivity contribution is -0.134. The summed E-state index contributed by atoms with van der Waals surface area (Å²) >= 11 is 0. The Bertz CT molecular complexity index is 1440. The summed E-state index contributed by atoms with van der Waals surface area (Å²) in [5.74, 6) is 0.311. The second-order valence-electron chi connectivity index (χ2n) is 9.73. The highest BCUT2D eigenvalue weighted by atomic mass is 16.3. The smallest absolute Gasteiger partial charge is 0.257 e. The number of piperazine rings is 1. The van der Waals surface area contributed by atoms with Crippen molar-refractivity contribution in [2.75, 3.05) is 37.6 Å². The number of phenols is 1. The fourth-order valence-corrected chi connectivity index (χ4v) is 5.36. The van der Waals surface area contributed by atoms with Crippen LogP contribution in [0.3, 0.4) is 0 Å². The molecule has 6 heteroatoms. The molecule has 1 amide bonds. The monoisotopic (exact) mass is 490 g/mol. The Balaban J connectivity index is 1.20. The average Bonchev–Trinajstić information content (AvgIpc) is 3.40. The molecule has 0 saturated carbocycles. The van der Waals surface area contributed by atoms with Gasteiger partial charge in [0.25, 0.3) is 5.91 Å². The number of hydrogen-bond donors (Lipinski definition) is 1. The number of rotatable bonds is 5. The van der Waals surface area contributed by atoms with E-state index in [1.807, 2.05) is 48.5 Å². The van der Waals surface area contributed by atoms with Gasteiger partial charge < -0.3 is 10.0 Å². The number of para-hydroxylation sites is 2. The van der Waals surface area contributed by atoms with Crippen LogP contribution in [-0.4, -0.2) is 59.4 Å². The number of amides is 1. The van der Waals surface area contributed by atoms with Crippen molar-refractivity contribution in [3.8, 4) is 5.75 Å². The maximum absolute atomic E-state index is 13.6. The summed E-state index contributed by atoms with van der Waals surface area (Å²) in [5.41, 5.74) is 3.95. The van der Waals surface area contributed by atoms with E-state index in [0.717, 1.165) is 48.7 Å². The largest absolute Gasteiger partial charge is 0.506 e. The van der Waals surface area contributed by atoms with Crippen molar-refractivity contribution in [1.82, 2.24) is 9.91 Å².